The van der Waals surface area contributed by atoms with Crippen LogP contribution < -0.4 is 20.1 Å². The topological polar surface area (TPSA) is 85.7 Å². The first-order valence-electron chi connectivity index (χ1n) is 7.26. The summed E-state index contributed by atoms with van der Waals surface area (Å²) >= 11 is 11.2. The van der Waals surface area contributed by atoms with E-state index in [2.05, 4.69) is 10.6 Å². The molecule has 0 aliphatic carbocycles. The number of para-hydroxylation sites is 2. The normalized spacial score (nSPS) is 10.0. The maximum absolute atomic E-state index is 10.8. The Morgan fingerprint density at radius 2 is 2.00 bits per heavy atom. The fourth-order valence-corrected chi connectivity index (χ4v) is 2.33. The molecular formula is C16H16ClN3O4S. The summed E-state index contributed by atoms with van der Waals surface area (Å²) in [7, 11) is 1.57. The van der Waals surface area contributed by atoms with Crippen LogP contribution in [0.1, 0.15) is 0 Å². The van der Waals surface area contributed by atoms with Crippen molar-refractivity contribution in [2.45, 2.75) is 0 Å². The van der Waals surface area contributed by atoms with Gasteiger partial charge in [0.2, 0.25) is 0 Å². The minimum atomic E-state index is -0.501. The lowest BCUT2D eigenvalue weighted by Crippen LogP contribution is -2.32. The van der Waals surface area contributed by atoms with Crippen molar-refractivity contribution >= 4 is 40.3 Å². The van der Waals surface area contributed by atoms with Crippen LogP contribution >= 0.6 is 23.8 Å². The number of ether oxygens (including phenoxy) is 2. The van der Waals surface area contributed by atoms with Gasteiger partial charge in [-0.15, -0.1) is 0 Å². The lowest BCUT2D eigenvalue weighted by atomic mass is 10.3. The standard InChI is InChI=1S/C16H16ClN3O4S/c1-23-14-4-2-3-5-15(14)24-9-8-18-16(25)19-13-10-11(20(21)22)6-7-12(13)17/h2-7,10H,8-9H2,1H3,(H2,18,19,25). The van der Waals surface area contributed by atoms with E-state index in [0.717, 1.165) is 0 Å². The molecule has 2 aromatic rings. The monoisotopic (exact) mass is 381 g/mol. The number of thiocarbonyl (C=S) groups is 1. The number of nitrogens with one attached hydrogen (secondary N) is 2. The van der Waals surface area contributed by atoms with Gasteiger partial charge in [-0.3, -0.25) is 10.1 Å². The van der Waals surface area contributed by atoms with Gasteiger partial charge in [-0.1, -0.05) is 23.7 Å². The van der Waals surface area contributed by atoms with Crippen LogP contribution in [0.2, 0.25) is 5.02 Å². The first kappa shape index (κ1) is 18.8. The van der Waals surface area contributed by atoms with Gasteiger partial charge in [0.25, 0.3) is 5.69 Å². The molecule has 0 aromatic heterocycles. The minimum Gasteiger partial charge on any atom is -0.493 e. The van der Waals surface area contributed by atoms with Crippen molar-refractivity contribution in [3.05, 3.63) is 57.6 Å². The molecule has 0 saturated heterocycles. The Morgan fingerprint density at radius 3 is 2.68 bits per heavy atom. The second kappa shape index (κ2) is 9.05. The number of methoxy groups -OCH3 is 1. The number of halogens is 1. The number of rotatable bonds is 7. The smallest absolute Gasteiger partial charge is 0.271 e. The van der Waals surface area contributed by atoms with Crippen LogP contribution in [0, 0.1) is 10.1 Å². The number of nitro groups is 1. The molecule has 7 nitrogen and oxygen atoms in total. The van der Waals surface area contributed by atoms with Gasteiger partial charge in [0.1, 0.15) is 6.61 Å². The summed E-state index contributed by atoms with van der Waals surface area (Å²) in [6.45, 7) is 0.779. The Bertz CT molecular complexity index is 773. The molecule has 0 fully saturated rings. The molecule has 2 aromatic carbocycles. The van der Waals surface area contributed by atoms with E-state index in [9.17, 15) is 10.1 Å². The Hall–Kier alpha value is -2.58. The van der Waals surface area contributed by atoms with Crippen molar-refractivity contribution in [1.29, 1.82) is 0 Å². The molecule has 0 spiro atoms. The van der Waals surface area contributed by atoms with Crippen LogP contribution in [0.5, 0.6) is 11.5 Å². The largest absolute Gasteiger partial charge is 0.493 e. The fourth-order valence-electron chi connectivity index (χ4n) is 1.95. The van der Waals surface area contributed by atoms with Crippen molar-refractivity contribution in [2.75, 3.05) is 25.6 Å². The molecule has 0 saturated carbocycles. The van der Waals surface area contributed by atoms with Crippen LogP contribution in [-0.2, 0) is 0 Å². The van der Waals surface area contributed by atoms with E-state index >= 15 is 0 Å². The summed E-state index contributed by atoms with van der Waals surface area (Å²) in [6.07, 6.45) is 0. The quantitative estimate of drug-likeness (QED) is 0.328. The fraction of sp³-hybridized carbons (Fsp3) is 0.188. The van der Waals surface area contributed by atoms with Crippen molar-refractivity contribution < 1.29 is 14.4 Å². The summed E-state index contributed by atoms with van der Waals surface area (Å²) in [5, 5.41) is 17.2. The Kier molecular flexibility index (Phi) is 6.79. The average molecular weight is 382 g/mol. The number of hydrogen-bond donors (Lipinski definition) is 2. The minimum absolute atomic E-state index is 0.0748. The van der Waals surface area contributed by atoms with E-state index in [4.69, 9.17) is 33.3 Å². The van der Waals surface area contributed by atoms with E-state index < -0.39 is 4.92 Å². The summed E-state index contributed by atoms with van der Waals surface area (Å²) in [5.41, 5.74) is 0.285. The molecule has 0 aliphatic rings. The Morgan fingerprint density at radius 1 is 1.28 bits per heavy atom. The van der Waals surface area contributed by atoms with Gasteiger partial charge in [0, 0.05) is 12.1 Å². The average Bonchev–Trinajstić information content (AvgIpc) is 2.60. The summed E-state index contributed by atoms with van der Waals surface area (Å²) < 4.78 is 10.8. The predicted octanol–water partition coefficient (Wildman–Crippen LogP) is 3.62. The molecule has 2 rings (SSSR count). The molecule has 0 bridgehead atoms. The Labute approximate surface area is 155 Å². The van der Waals surface area contributed by atoms with E-state index in [0.29, 0.717) is 35.4 Å². The Balaban J connectivity index is 1.83. The van der Waals surface area contributed by atoms with Crippen molar-refractivity contribution in [3.8, 4) is 11.5 Å². The van der Waals surface area contributed by atoms with Gasteiger partial charge in [-0.05, 0) is 30.4 Å². The molecule has 0 heterocycles. The van der Waals surface area contributed by atoms with E-state index in [-0.39, 0.29) is 10.8 Å². The van der Waals surface area contributed by atoms with Gasteiger partial charge >= 0.3 is 0 Å². The molecule has 132 valence electrons. The highest BCUT2D eigenvalue weighted by Gasteiger charge is 2.10. The van der Waals surface area contributed by atoms with E-state index in [1.807, 2.05) is 12.1 Å². The first-order chi connectivity index (χ1) is 12.0. The molecule has 2 N–H and O–H groups in total. The first-order valence-corrected chi connectivity index (χ1v) is 8.04. The zero-order valence-corrected chi connectivity index (χ0v) is 14.9. The van der Waals surface area contributed by atoms with Gasteiger partial charge in [-0.25, -0.2) is 0 Å². The van der Waals surface area contributed by atoms with Crippen LogP contribution in [0.15, 0.2) is 42.5 Å². The van der Waals surface area contributed by atoms with E-state index in [1.165, 1.54) is 18.2 Å². The molecule has 0 aliphatic heterocycles. The van der Waals surface area contributed by atoms with Gasteiger partial charge < -0.3 is 20.1 Å². The van der Waals surface area contributed by atoms with Gasteiger partial charge in [-0.2, -0.15) is 0 Å². The van der Waals surface area contributed by atoms with Crippen LogP contribution in [0.25, 0.3) is 0 Å². The van der Waals surface area contributed by atoms with Crippen LogP contribution in [0.4, 0.5) is 11.4 Å². The highest BCUT2D eigenvalue weighted by Crippen LogP contribution is 2.27. The molecule has 0 atom stereocenters. The maximum atomic E-state index is 10.8. The number of nitro benzene ring substituents is 1. The zero-order chi connectivity index (χ0) is 18.2. The third-order valence-electron chi connectivity index (χ3n) is 3.12. The molecular weight excluding hydrogens is 366 g/mol. The maximum Gasteiger partial charge on any atom is 0.271 e. The number of anilines is 1. The number of non-ortho nitro benzene ring substituents is 1. The highest BCUT2D eigenvalue weighted by molar-refractivity contribution is 7.80. The number of nitrogens with zero attached hydrogens (tertiary/aromatic N) is 1. The van der Waals surface area contributed by atoms with Crippen molar-refractivity contribution in [3.63, 3.8) is 0 Å². The second-order valence-electron chi connectivity index (χ2n) is 4.80. The van der Waals surface area contributed by atoms with Crippen LogP contribution in [0.3, 0.4) is 0 Å². The molecule has 0 unspecified atom stereocenters. The lowest BCUT2D eigenvalue weighted by molar-refractivity contribution is -0.384. The van der Waals surface area contributed by atoms with Crippen molar-refractivity contribution in [2.24, 2.45) is 0 Å². The van der Waals surface area contributed by atoms with Gasteiger partial charge in [0.05, 0.1) is 29.3 Å². The number of benzene rings is 2. The molecule has 25 heavy (non-hydrogen) atoms. The van der Waals surface area contributed by atoms with Gasteiger partial charge in [0.15, 0.2) is 16.6 Å². The van der Waals surface area contributed by atoms with Crippen molar-refractivity contribution in [1.82, 2.24) is 5.32 Å². The van der Waals surface area contributed by atoms with E-state index in [1.54, 1.807) is 19.2 Å². The number of hydrogen-bond acceptors (Lipinski definition) is 5. The lowest BCUT2D eigenvalue weighted by Gasteiger charge is -2.13. The summed E-state index contributed by atoms with van der Waals surface area (Å²) in [4.78, 5) is 10.3. The summed E-state index contributed by atoms with van der Waals surface area (Å²) in [5.74, 6) is 1.28. The second-order valence-corrected chi connectivity index (χ2v) is 5.62. The third-order valence-corrected chi connectivity index (χ3v) is 3.70. The predicted molar refractivity (Wildman–Crippen MR) is 101 cm³/mol. The summed E-state index contributed by atoms with van der Waals surface area (Å²) in [6, 6.07) is 11.4. The molecule has 9 heteroatoms. The SMILES string of the molecule is COc1ccccc1OCCNC(=S)Nc1cc([N+](=O)[O-])ccc1Cl. The highest BCUT2D eigenvalue weighted by atomic mass is 35.5. The molecule has 0 radical (unpaired) electrons. The molecule has 0 amide bonds. The third kappa shape index (κ3) is 5.47. The zero-order valence-electron chi connectivity index (χ0n) is 13.3. The van der Waals surface area contributed by atoms with Crippen LogP contribution in [-0.4, -0.2) is 30.3 Å².